The third kappa shape index (κ3) is 4.80. The SMILES string of the molecule is Cc1ccccc1SCC(=O)N1CCC(C(=O)N2CCN(C)CC2)CC1. The van der Waals surface area contributed by atoms with Crippen LogP contribution in [-0.2, 0) is 9.59 Å². The van der Waals surface area contributed by atoms with E-state index >= 15 is 0 Å². The first-order chi connectivity index (χ1) is 12.5. The monoisotopic (exact) mass is 375 g/mol. The number of carbonyl (C=O) groups excluding carboxylic acids is 2. The molecule has 0 aliphatic carbocycles. The van der Waals surface area contributed by atoms with Crippen molar-refractivity contribution < 1.29 is 9.59 Å². The van der Waals surface area contributed by atoms with Crippen molar-refractivity contribution in [2.75, 3.05) is 52.1 Å². The van der Waals surface area contributed by atoms with Crippen molar-refractivity contribution in [1.29, 1.82) is 0 Å². The lowest BCUT2D eigenvalue weighted by Gasteiger charge is -2.37. The van der Waals surface area contributed by atoms with Crippen molar-refractivity contribution in [3.8, 4) is 0 Å². The standard InChI is InChI=1S/C20H29N3O2S/c1-16-5-3-4-6-18(16)26-15-19(24)22-9-7-17(8-10-22)20(25)23-13-11-21(2)12-14-23/h3-6,17H,7-15H2,1-2H3. The number of hydrogen-bond acceptors (Lipinski definition) is 4. The number of likely N-dealkylation sites (N-methyl/N-ethyl adjacent to an activating group) is 1. The third-order valence-electron chi connectivity index (χ3n) is 5.46. The van der Waals surface area contributed by atoms with E-state index in [0.717, 1.165) is 39.0 Å². The Morgan fingerprint density at radius 2 is 1.65 bits per heavy atom. The van der Waals surface area contributed by atoms with Crippen LogP contribution in [0.5, 0.6) is 0 Å². The summed E-state index contributed by atoms with van der Waals surface area (Å²) in [5, 5.41) is 0. The molecule has 0 radical (unpaired) electrons. The third-order valence-corrected chi connectivity index (χ3v) is 6.62. The number of thioether (sulfide) groups is 1. The lowest BCUT2D eigenvalue weighted by molar-refractivity contribution is -0.141. The molecule has 2 fully saturated rings. The summed E-state index contributed by atoms with van der Waals surface area (Å²) < 4.78 is 0. The van der Waals surface area contributed by atoms with Crippen molar-refractivity contribution in [1.82, 2.24) is 14.7 Å². The van der Waals surface area contributed by atoms with Gasteiger partial charge in [-0.3, -0.25) is 9.59 Å². The number of nitrogens with zero attached hydrogens (tertiary/aromatic N) is 3. The quantitative estimate of drug-likeness (QED) is 0.756. The van der Waals surface area contributed by atoms with Gasteiger partial charge in [-0.15, -0.1) is 11.8 Å². The Morgan fingerprint density at radius 3 is 2.31 bits per heavy atom. The van der Waals surface area contributed by atoms with E-state index in [9.17, 15) is 9.59 Å². The maximum Gasteiger partial charge on any atom is 0.232 e. The topological polar surface area (TPSA) is 43.9 Å². The van der Waals surface area contributed by atoms with E-state index in [1.165, 1.54) is 10.5 Å². The van der Waals surface area contributed by atoms with Crippen LogP contribution in [0.25, 0.3) is 0 Å². The van der Waals surface area contributed by atoms with Gasteiger partial charge in [0, 0.05) is 50.1 Å². The summed E-state index contributed by atoms with van der Waals surface area (Å²) in [4.78, 5) is 32.6. The summed E-state index contributed by atoms with van der Waals surface area (Å²) in [5.74, 6) is 1.04. The molecule has 0 unspecified atom stereocenters. The minimum absolute atomic E-state index is 0.0893. The number of hydrogen-bond donors (Lipinski definition) is 0. The van der Waals surface area contributed by atoms with Gasteiger partial charge in [-0.1, -0.05) is 18.2 Å². The summed E-state index contributed by atoms with van der Waals surface area (Å²) in [6, 6.07) is 8.16. The van der Waals surface area contributed by atoms with E-state index in [1.54, 1.807) is 11.8 Å². The van der Waals surface area contributed by atoms with Gasteiger partial charge in [-0.25, -0.2) is 0 Å². The van der Waals surface area contributed by atoms with Gasteiger partial charge in [0.15, 0.2) is 0 Å². The van der Waals surface area contributed by atoms with Crippen LogP contribution in [0.4, 0.5) is 0 Å². The van der Waals surface area contributed by atoms with E-state index in [4.69, 9.17) is 0 Å². The van der Waals surface area contributed by atoms with Gasteiger partial charge in [0.25, 0.3) is 0 Å². The van der Waals surface area contributed by atoms with Crippen LogP contribution in [-0.4, -0.2) is 78.6 Å². The Bertz CT molecular complexity index is 636. The molecule has 2 aliphatic rings. The Kier molecular flexibility index (Phi) is 6.59. The predicted molar refractivity (Wildman–Crippen MR) is 105 cm³/mol. The van der Waals surface area contributed by atoms with Gasteiger partial charge in [-0.2, -0.15) is 0 Å². The second-order valence-electron chi connectivity index (χ2n) is 7.34. The number of benzene rings is 1. The minimum atomic E-state index is 0.0893. The molecule has 2 aliphatic heterocycles. The number of carbonyl (C=O) groups is 2. The van der Waals surface area contributed by atoms with Crippen LogP contribution in [0.15, 0.2) is 29.2 Å². The number of rotatable bonds is 4. The van der Waals surface area contributed by atoms with E-state index < -0.39 is 0 Å². The molecule has 142 valence electrons. The first-order valence-electron chi connectivity index (χ1n) is 9.48. The molecular weight excluding hydrogens is 346 g/mol. The summed E-state index contributed by atoms with van der Waals surface area (Å²) in [5.41, 5.74) is 1.21. The van der Waals surface area contributed by atoms with Crippen molar-refractivity contribution in [2.45, 2.75) is 24.7 Å². The summed E-state index contributed by atoms with van der Waals surface area (Å²) in [7, 11) is 2.10. The molecule has 2 amide bonds. The maximum atomic E-state index is 12.7. The average molecular weight is 376 g/mol. The number of aryl methyl sites for hydroxylation is 1. The molecule has 2 heterocycles. The summed E-state index contributed by atoms with van der Waals surface area (Å²) in [6.45, 7) is 7.07. The zero-order chi connectivity index (χ0) is 18.5. The molecule has 1 aromatic rings. The zero-order valence-electron chi connectivity index (χ0n) is 15.8. The number of piperidine rings is 1. The minimum Gasteiger partial charge on any atom is -0.342 e. The van der Waals surface area contributed by atoms with E-state index in [1.807, 2.05) is 21.9 Å². The molecule has 1 aromatic carbocycles. The van der Waals surface area contributed by atoms with Crippen LogP contribution in [0, 0.1) is 12.8 Å². The molecule has 6 heteroatoms. The molecule has 26 heavy (non-hydrogen) atoms. The fraction of sp³-hybridized carbons (Fsp3) is 0.600. The summed E-state index contributed by atoms with van der Waals surface area (Å²) >= 11 is 1.61. The number of piperazine rings is 1. The van der Waals surface area contributed by atoms with Gasteiger partial charge >= 0.3 is 0 Å². The number of likely N-dealkylation sites (tertiary alicyclic amines) is 1. The fourth-order valence-electron chi connectivity index (χ4n) is 3.61. The molecule has 0 atom stereocenters. The smallest absolute Gasteiger partial charge is 0.232 e. The van der Waals surface area contributed by atoms with Crippen LogP contribution < -0.4 is 0 Å². The fourth-order valence-corrected chi connectivity index (χ4v) is 4.54. The van der Waals surface area contributed by atoms with E-state index in [-0.39, 0.29) is 11.8 Å². The van der Waals surface area contributed by atoms with Crippen molar-refractivity contribution in [3.63, 3.8) is 0 Å². The van der Waals surface area contributed by atoms with Crippen LogP contribution in [0.2, 0.25) is 0 Å². The second kappa shape index (κ2) is 8.91. The second-order valence-corrected chi connectivity index (χ2v) is 8.35. The van der Waals surface area contributed by atoms with E-state index in [2.05, 4.69) is 31.0 Å². The Balaban J connectivity index is 1.43. The van der Waals surface area contributed by atoms with E-state index in [0.29, 0.717) is 24.7 Å². The van der Waals surface area contributed by atoms with Gasteiger partial charge in [0.2, 0.25) is 11.8 Å². The molecule has 0 N–H and O–H groups in total. The zero-order valence-corrected chi connectivity index (χ0v) is 16.6. The van der Waals surface area contributed by atoms with Gasteiger partial charge < -0.3 is 14.7 Å². The predicted octanol–water partition coefficient (Wildman–Crippen LogP) is 2.10. The molecule has 2 saturated heterocycles. The average Bonchev–Trinajstić information content (AvgIpc) is 2.67. The lowest BCUT2D eigenvalue weighted by Crippen LogP contribution is -2.51. The highest BCUT2D eigenvalue weighted by molar-refractivity contribution is 8.00. The molecule has 5 nitrogen and oxygen atoms in total. The maximum absolute atomic E-state index is 12.7. The Morgan fingerprint density at radius 1 is 1.00 bits per heavy atom. The molecular formula is C20H29N3O2S. The van der Waals surface area contributed by atoms with Gasteiger partial charge in [0.1, 0.15) is 0 Å². The highest BCUT2D eigenvalue weighted by Crippen LogP contribution is 2.24. The van der Waals surface area contributed by atoms with Gasteiger partial charge in [-0.05, 0) is 38.4 Å². The molecule has 3 rings (SSSR count). The van der Waals surface area contributed by atoms with Crippen LogP contribution in [0.3, 0.4) is 0 Å². The highest BCUT2D eigenvalue weighted by atomic mass is 32.2. The van der Waals surface area contributed by atoms with Crippen molar-refractivity contribution in [2.24, 2.45) is 5.92 Å². The summed E-state index contributed by atoms with van der Waals surface area (Å²) in [6.07, 6.45) is 1.60. The number of amides is 2. The molecule has 0 saturated carbocycles. The van der Waals surface area contributed by atoms with Crippen molar-refractivity contribution >= 4 is 23.6 Å². The van der Waals surface area contributed by atoms with Crippen LogP contribution in [0.1, 0.15) is 18.4 Å². The van der Waals surface area contributed by atoms with Gasteiger partial charge in [0.05, 0.1) is 5.75 Å². The largest absolute Gasteiger partial charge is 0.342 e. The first kappa shape index (κ1) is 19.2. The molecule has 0 aromatic heterocycles. The normalized spacial score (nSPS) is 19.6. The highest BCUT2D eigenvalue weighted by Gasteiger charge is 2.31. The Labute approximate surface area is 160 Å². The van der Waals surface area contributed by atoms with Crippen LogP contribution >= 0.6 is 11.8 Å². The first-order valence-corrected chi connectivity index (χ1v) is 10.5. The van der Waals surface area contributed by atoms with Crippen molar-refractivity contribution in [3.05, 3.63) is 29.8 Å². The lowest BCUT2D eigenvalue weighted by atomic mass is 9.95. The molecule has 0 bridgehead atoms. The Hall–Kier alpha value is -1.53. The molecule has 0 spiro atoms.